The van der Waals surface area contributed by atoms with Gasteiger partial charge in [-0.25, -0.2) is 9.59 Å². The maximum absolute atomic E-state index is 11.9. The monoisotopic (exact) mass is 349 g/mol. The molecule has 2 aromatic rings. The van der Waals surface area contributed by atoms with Crippen molar-refractivity contribution in [2.45, 2.75) is 18.4 Å². The standard InChI is InChI=1S/C21H19NO4/c1-26-21(25)14-9-10-18-17(11-14)15-3-2-4-16(15)19(22-18)12-5-7-13(8-6-12)20(23)24/h2-3,5-11,15-16,19,22H,4H2,1H3,(H,23,24)/t15?,16?,19-/m1/s1. The highest BCUT2D eigenvalue weighted by Gasteiger charge is 2.38. The zero-order valence-corrected chi connectivity index (χ0v) is 14.3. The first-order valence-electron chi connectivity index (χ1n) is 8.57. The van der Waals surface area contributed by atoms with Gasteiger partial charge in [0.15, 0.2) is 0 Å². The number of benzene rings is 2. The number of aromatic carboxylic acids is 1. The Labute approximate surface area is 151 Å². The number of nitrogens with one attached hydrogen (secondary N) is 1. The molecule has 0 fully saturated rings. The normalized spacial score (nSPS) is 22.9. The minimum absolute atomic E-state index is 0.0920. The number of ether oxygens (including phenoxy) is 1. The second kappa shape index (κ2) is 6.33. The molecule has 0 bridgehead atoms. The van der Waals surface area contributed by atoms with Gasteiger partial charge in [-0.1, -0.05) is 24.3 Å². The lowest BCUT2D eigenvalue weighted by Gasteiger charge is -2.37. The smallest absolute Gasteiger partial charge is 0.337 e. The van der Waals surface area contributed by atoms with E-state index in [-0.39, 0.29) is 23.5 Å². The van der Waals surface area contributed by atoms with Crippen LogP contribution < -0.4 is 5.32 Å². The number of carbonyl (C=O) groups excluding carboxylic acids is 1. The summed E-state index contributed by atoms with van der Waals surface area (Å²) in [7, 11) is 1.38. The fraction of sp³-hybridized carbons (Fsp3) is 0.238. The largest absolute Gasteiger partial charge is 0.478 e. The number of fused-ring (bicyclic) bond motifs is 3. The second-order valence-corrected chi connectivity index (χ2v) is 6.70. The van der Waals surface area contributed by atoms with E-state index in [0.717, 1.165) is 23.2 Å². The number of hydrogen-bond donors (Lipinski definition) is 2. The zero-order valence-electron chi connectivity index (χ0n) is 14.3. The van der Waals surface area contributed by atoms with Gasteiger partial charge in [0.1, 0.15) is 0 Å². The van der Waals surface area contributed by atoms with E-state index in [9.17, 15) is 9.59 Å². The number of carboxylic acid groups (broad SMARTS) is 1. The average molecular weight is 349 g/mol. The second-order valence-electron chi connectivity index (χ2n) is 6.70. The van der Waals surface area contributed by atoms with Gasteiger partial charge >= 0.3 is 11.9 Å². The van der Waals surface area contributed by atoms with Crippen molar-refractivity contribution in [3.63, 3.8) is 0 Å². The van der Waals surface area contributed by atoms with Gasteiger partial charge in [0, 0.05) is 11.6 Å². The number of methoxy groups -OCH3 is 1. The molecule has 26 heavy (non-hydrogen) atoms. The molecule has 2 N–H and O–H groups in total. The summed E-state index contributed by atoms with van der Waals surface area (Å²) >= 11 is 0. The topological polar surface area (TPSA) is 75.6 Å². The maximum atomic E-state index is 11.9. The molecule has 0 saturated carbocycles. The third kappa shape index (κ3) is 2.65. The molecule has 2 aromatic carbocycles. The molecule has 5 heteroatoms. The van der Waals surface area contributed by atoms with E-state index in [1.165, 1.54) is 7.11 Å². The van der Waals surface area contributed by atoms with Crippen molar-refractivity contribution in [2.24, 2.45) is 5.92 Å². The molecule has 5 nitrogen and oxygen atoms in total. The SMILES string of the molecule is COC(=O)c1ccc2c(c1)C1C=CCC1[C@@H](c1ccc(C(=O)O)cc1)N2. The van der Waals surface area contributed by atoms with Gasteiger partial charge in [-0.05, 0) is 53.8 Å². The molecular formula is C21H19NO4. The maximum Gasteiger partial charge on any atom is 0.337 e. The first-order valence-corrected chi connectivity index (χ1v) is 8.57. The molecule has 0 saturated heterocycles. The van der Waals surface area contributed by atoms with Gasteiger partial charge in [0.25, 0.3) is 0 Å². The van der Waals surface area contributed by atoms with Crippen LogP contribution in [0.3, 0.4) is 0 Å². The summed E-state index contributed by atoms with van der Waals surface area (Å²) < 4.78 is 4.83. The molecule has 0 amide bonds. The van der Waals surface area contributed by atoms with Crippen LogP contribution >= 0.6 is 0 Å². The quantitative estimate of drug-likeness (QED) is 0.647. The van der Waals surface area contributed by atoms with E-state index >= 15 is 0 Å². The average Bonchev–Trinajstić information content (AvgIpc) is 3.16. The number of carbonyl (C=O) groups is 2. The Morgan fingerprint density at radius 1 is 1.12 bits per heavy atom. The summed E-state index contributed by atoms with van der Waals surface area (Å²) in [6, 6.07) is 12.7. The van der Waals surface area contributed by atoms with Crippen molar-refractivity contribution < 1.29 is 19.4 Å². The summed E-state index contributed by atoms with van der Waals surface area (Å²) in [5, 5.41) is 12.7. The predicted octanol–water partition coefficient (Wildman–Crippen LogP) is 4.00. The molecule has 1 aliphatic heterocycles. The van der Waals surface area contributed by atoms with Crippen molar-refractivity contribution >= 4 is 17.6 Å². The number of hydrogen-bond acceptors (Lipinski definition) is 4. The first-order chi connectivity index (χ1) is 12.6. The predicted molar refractivity (Wildman–Crippen MR) is 97.5 cm³/mol. The molecule has 0 spiro atoms. The van der Waals surface area contributed by atoms with Gasteiger partial charge in [-0.15, -0.1) is 0 Å². The third-order valence-corrected chi connectivity index (χ3v) is 5.30. The van der Waals surface area contributed by atoms with Crippen LogP contribution in [0, 0.1) is 5.92 Å². The van der Waals surface area contributed by atoms with Crippen LogP contribution in [0.15, 0.2) is 54.6 Å². The fourth-order valence-corrected chi connectivity index (χ4v) is 4.00. The van der Waals surface area contributed by atoms with E-state index in [4.69, 9.17) is 9.84 Å². The summed E-state index contributed by atoms with van der Waals surface area (Å²) in [6.45, 7) is 0. The molecule has 1 heterocycles. The molecule has 0 aromatic heterocycles. The number of rotatable bonds is 3. The first kappa shape index (κ1) is 16.4. The Hall–Kier alpha value is -3.08. The Balaban J connectivity index is 1.71. The number of esters is 1. The summed E-state index contributed by atoms with van der Waals surface area (Å²) in [6.07, 6.45) is 5.31. The van der Waals surface area contributed by atoms with Crippen molar-refractivity contribution in [1.29, 1.82) is 0 Å². The summed E-state index contributed by atoms with van der Waals surface area (Å²) in [5.74, 6) is -0.710. The van der Waals surface area contributed by atoms with Crippen LogP contribution in [0.4, 0.5) is 5.69 Å². The van der Waals surface area contributed by atoms with E-state index in [0.29, 0.717) is 11.5 Å². The van der Waals surface area contributed by atoms with Crippen LogP contribution in [-0.4, -0.2) is 24.2 Å². The van der Waals surface area contributed by atoms with Crippen LogP contribution in [0.1, 0.15) is 50.2 Å². The minimum Gasteiger partial charge on any atom is -0.478 e. The molecular weight excluding hydrogens is 330 g/mol. The number of carboxylic acids is 1. The fourth-order valence-electron chi connectivity index (χ4n) is 4.00. The zero-order chi connectivity index (χ0) is 18.3. The Morgan fingerprint density at radius 2 is 1.85 bits per heavy atom. The van der Waals surface area contributed by atoms with Gasteiger partial charge in [-0.2, -0.15) is 0 Å². The van der Waals surface area contributed by atoms with Crippen LogP contribution in [0.5, 0.6) is 0 Å². The van der Waals surface area contributed by atoms with Gasteiger partial charge in [-0.3, -0.25) is 0 Å². The van der Waals surface area contributed by atoms with Crippen LogP contribution in [-0.2, 0) is 4.74 Å². The highest BCUT2D eigenvalue weighted by Crippen LogP contribution is 2.49. The van der Waals surface area contributed by atoms with Gasteiger partial charge in [0.05, 0.1) is 24.3 Å². The van der Waals surface area contributed by atoms with E-state index in [2.05, 4.69) is 17.5 Å². The molecule has 2 aliphatic rings. The lowest BCUT2D eigenvalue weighted by molar-refractivity contribution is 0.0599. The van der Waals surface area contributed by atoms with Crippen molar-refractivity contribution in [2.75, 3.05) is 12.4 Å². The summed E-state index contributed by atoms with van der Waals surface area (Å²) in [4.78, 5) is 22.9. The van der Waals surface area contributed by atoms with Crippen molar-refractivity contribution in [1.82, 2.24) is 0 Å². The minimum atomic E-state index is -0.922. The van der Waals surface area contributed by atoms with Crippen LogP contribution in [0.2, 0.25) is 0 Å². The number of allylic oxidation sites excluding steroid dienone is 2. The molecule has 2 unspecified atom stereocenters. The highest BCUT2D eigenvalue weighted by atomic mass is 16.5. The van der Waals surface area contributed by atoms with Gasteiger partial charge < -0.3 is 15.2 Å². The molecule has 4 rings (SSSR count). The Morgan fingerprint density at radius 3 is 2.54 bits per heavy atom. The molecule has 0 radical (unpaired) electrons. The third-order valence-electron chi connectivity index (χ3n) is 5.30. The molecule has 3 atom stereocenters. The van der Waals surface area contributed by atoms with Crippen molar-refractivity contribution in [3.8, 4) is 0 Å². The van der Waals surface area contributed by atoms with Gasteiger partial charge in [0.2, 0.25) is 0 Å². The van der Waals surface area contributed by atoms with Crippen LogP contribution in [0.25, 0.3) is 0 Å². The lowest BCUT2D eigenvalue weighted by Crippen LogP contribution is -2.29. The molecule has 132 valence electrons. The highest BCUT2D eigenvalue weighted by molar-refractivity contribution is 5.90. The number of anilines is 1. The summed E-state index contributed by atoms with van der Waals surface area (Å²) in [5.41, 5.74) is 4.00. The van der Waals surface area contributed by atoms with E-state index < -0.39 is 5.97 Å². The van der Waals surface area contributed by atoms with Crippen molar-refractivity contribution in [3.05, 3.63) is 76.9 Å². The van der Waals surface area contributed by atoms with E-state index in [1.807, 2.05) is 24.3 Å². The lowest BCUT2D eigenvalue weighted by atomic mass is 9.76. The van der Waals surface area contributed by atoms with E-state index in [1.54, 1.807) is 18.2 Å². The molecule has 1 aliphatic carbocycles. The Bertz CT molecular complexity index is 901. The Kier molecular flexibility index (Phi) is 3.99.